The molecule has 0 saturated carbocycles. The van der Waals surface area contributed by atoms with Crippen molar-refractivity contribution in [1.29, 1.82) is 0 Å². The highest BCUT2D eigenvalue weighted by Crippen LogP contribution is 2.10. The average Bonchev–Trinajstić information content (AvgIpc) is 2.73. The fourth-order valence-corrected chi connectivity index (χ4v) is 2.62. The summed E-state index contributed by atoms with van der Waals surface area (Å²) in [7, 11) is 1.67. The second kappa shape index (κ2) is 9.96. The topological polar surface area (TPSA) is 50.4 Å². The maximum Gasteiger partial charge on any atom is 0.319 e. The average molecular weight is 370 g/mol. The third-order valence-electron chi connectivity index (χ3n) is 4.03. The molecule has 0 aliphatic heterocycles. The Morgan fingerprint density at radius 3 is 2.29 bits per heavy atom. The van der Waals surface area contributed by atoms with Gasteiger partial charge in [0.25, 0.3) is 0 Å². The molecular formula is C24H22N2O2. The van der Waals surface area contributed by atoms with Gasteiger partial charge in [-0.25, -0.2) is 4.79 Å². The summed E-state index contributed by atoms with van der Waals surface area (Å²) in [6.07, 6.45) is 0. The van der Waals surface area contributed by atoms with Crippen molar-refractivity contribution in [1.82, 2.24) is 5.32 Å². The van der Waals surface area contributed by atoms with Crippen LogP contribution in [0.2, 0.25) is 0 Å². The van der Waals surface area contributed by atoms with Crippen LogP contribution < -0.4 is 10.6 Å². The zero-order valence-electron chi connectivity index (χ0n) is 15.7. The Morgan fingerprint density at radius 1 is 0.857 bits per heavy atom. The summed E-state index contributed by atoms with van der Waals surface area (Å²) in [5.41, 5.74) is 4.62. The maximum absolute atomic E-state index is 12.2. The van der Waals surface area contributed by atoms with Gasteiger partial charge < -0.3 is 15.4 Å². The fraction of sp³-hybridized carbons (Fsp3) is 0.125. The number of hydrogen-bond acceptors (Lipinski definition) is 2. The molecule has 0 atom stereocenters. The van der Waals surface area contributed by atoms with Crippen molar-refractivity contribution in [3.05, 3.63) is 101 Å². The number of rotatable bonds is 5. The molecule has 28 heavy (non-hydrogen) atoms. The maximum atomic E-state index is 12.2. The fourth-order valence-electron chi connectivity index (χ4n) is 2.62. The third kappa shape index (κ3) is 6.01. The molecule has 0 heterocycles. The summed E-state index contributed by atoms with van der Waals surface area (Å²) in [6, 6.07) is 25.0. The number of carbonyl (C=O) groups excluding carboxylic acids is 1. The number of hydrogen-bond donors (Lipinski definition) is 2. The summed E-state index contributed by atoms with van der Waals surface area (Å²) in [6.45, 7) is 1.03. The molecule has 0 aromatic heterocycles. The normalized spacial score (nSPS) is 9.89. The van der Waals surface area contributed by atoms with Gasteiger partial charge in [-0.1, -0.05) is 60.4 Å². The van der Waals surface area contributed by atoms with E-state index in [2.05, 4.69) is 22.5 Å². The highest BCUT2D eigenvalue weighted by molar-refractivity contribution is 5.89. The largest absolute Gasteiger partial charge is 0.380 e. The van der Waals surface area contributed by atoms with E-state index >= 15 is 0 Å². The van der Waals surface area contributed by atoms with E-state index in [4.69, 9.17) is 4.74 Å². The molecule has 0 fully saturated rings. The minimum absolute atomic E-state index is 0.255. The van der Waals surface area contributed by atoms with Crippen LogP contribution in [-0.4, -0.2) is 13.1 Å². The number of nitrogens with one attached hydrogen (secondary N) is 2. The predicted molar refractivity (Wildman–Crippen MR) is 112 cm³/mol. The van der Waals surface area contributed by atoms with E-state index in [1.54, 1.807) is 7.11 Å². The molecule has 2 N–H and O–H groups in total. The minimum Gasteiger partial charge on any atom is -0.380 e. The van der Waals surface area contributed by atoms with Crippen molar-refractivity contribution in [2.24, 2.45) is 0 Å². The van der Waals surface area contributed by atoms with Crippen molar-refractivity contribution in [2.75, 3.05) is 12.4 Å². The van der Waals surface area contributed by atoms with Crippen LogP contribution in [0.4, 0.5) is 10.5 Å². The quantitative estimate of drug-likeness (QED) is 0.647. The Hall–Kier alpha value is -3.55. The van der Waals surface area contributed by atoms with Gasteiger partial charge in [-0.05, 0) is 41.5 Å². The van der Waals surface area contributed by atoms with E-state index in [0.29, 0.717) is 18.8 Å². The summed E-state index contributed by atoms with van der Waals surface area (Å²) >= 11 is 0. The Balaban J connectivity index is 1.55. The van der Waals surface area contributed by atoms with Gasteiger partial charge in [-0.15, -0.1) is 0 Å². The second-order valence-electron chi connectivity index (χ2n) is 6.25. The Bertz CT molecular complexity index is 971. The number of urea groups is 1. The number of benzene rings is 3. The molecule has 4 nitrogen and oxygen atoms in total. The summed E-state index contributed by atoms with van der Waals surface area (Å²) < 4.78 is 5.10. The molecule has 0 unspecified atom stereocenters. The predicted octanol–water partition coefficient (Wildman–Crippen LogP) is 4.55. The highest BCUT2D eigenvalue weighted by atomic mass is 16.5. The van der Waals surface area contributed by atoms with Crippen LogP contribution in [0.1, 0.15) is 22.3 Å². The summed E-state index contributed by atoms with van der Waals surface area (Å²) in [5, 5.41) is 5.70. The van der Waals surface area contributed by atoms with Gasteiger partial charge in [0.05, 0.1) is 6.61 Å². The Kier molecular flexibility index (Phi) is 6.84. The van der Waals surface area contributed by atoms with Crippen LogP contribution in [0.5, 0.6) is 0 Å². The van der Waals surface area contributed by atoms with E-state index in [1.807, 2.05) is 78.9 Å². The van der Waals surface area contributed by atoms with E-state index in [9.17, 15) is 4.79 Å². The minimum atomic E-state index is -0.255. The van der Waals surface area contributed by atoms with E-state index in [0.717, 1.165) is 22.3 Å². The van der Waals surface area contributed by atoms with E-state index in [-0.39, 0.29) is 6.03 Å². The lowest BCUT2D eigenvalue weighted by Gasteiger charge is -2.08. The number of amides is 2. The van der Waals surface area contributed by atoms with Crippen LogP contribution in [-0.2, 0) is 17.9 Å². The van der Waals surface area contributed by atoms with Crippen LogP contribution in [0, 0.1) is 11.8 Å². The lowest BCUT2D eigenvalue weighted by Crippen LogP contribution is -2.28. The molecule has 3 rings (SSSR count). The first-order chi connectivity index (χ1) is 13.7. The van der Waals surface area contributed by atoms with Crippen LogP contribution in [0.3, 0.4) is 0 Å². The van der Waals surface area contributed by atoms with Crippen molar-refractivity contribution >= 4 is 11.7 Å². The van der Waals surface area contributed by atoms with Gasteiger partial charge in [0.2, 0.25) is 0 Å². The molecule has 3 aromatic carbocycles. The molecular weight excluding hydrogens is 348 g/mol. The molecule has 2 amide bonds. The first-order valence-electron chi connectivity index (χ1n) is 9.02. The first kappa shape index (κ1) is 19.2. The molecule has 0 saturated heterocycles. The van der Waals surface area contributed by atoms with E-state index < -0.39 is 0 Å². The molecule has 0 bridgehead atoms. The van der Waals surface area contributed by atoms with Crippen LogP contribution in [0.15, 0.2) is 78.9 Å². The highest BCUT2D eigenvalue weighted by Gasteiger charge is 2.02. The summed E-state index contributed by atoms with van der Waals surface area (Å²) in [5.74, 6) is 6.23. The van der Waals surface area contributed by atoms with Crippen LogP contribution in [0.25, 0.3) is 0 Å². The van der Waals surface area contributed by atoms with Gasteiger partial charge in [-0.3, -0.25) is 0 Å². The molecule has 3 aromatic rings. The molecule has 0 aliphatic rings. The van der Waals surface area contributed by atoms with Gasteiger partial charge in [0, 0.05) is 30.5 Å². The number of carbonyl (C=O) groups is 1. The SMILES string of the molecule is COCc1ccc(CNC(=O)Nc2cccc(C#Cc3ccccc3)c2)cc1. The molecule has 140 valence electrons. The van der Waals surface area contributed by atoms with Gasteiger partial charge >= 0.3 is 6.03 Å². The van der Waals surface area contributed by atoms with Gasteiger partial charge in [0.15, 0.2) is 0 Å². The van der Waals surface area contributed by atoms with Crippen molar-refractivity contribution in [3.63, 3.8) is 0 Å². The van der Waals surface area contributed by atoms with Crippen molar-refractivity contribution < 1.29 is 9.53 Å². The lowest BCUT2D eigenvalue weighted by molar-refractivity contribution is 0.185. The van der Waals surface area contributed by atoms with Gasteiger partial charge in [-0.2, -0.15) is 0 Å². The van der Waals surface area contributed by atoms with Crippen molar-refractivity contribution in [2.45, 2.75) is 13.2 Å². The smallest absolute Gasteiger partial charge is 0.319 e. The van der Waals surface area contributed by atoms with Crippen molar-refractivity contribution in [3.8, 4) is 11.8 Å². The first-order valence-corrected chi connectivity index (χ1v) is 9.02. The van der Waals surface area contributed by atoms with E-state index in [1.165, 1.54) is 0 Å². The zero-order chi connectivity index (χ0) is 19.6. The molecule has 0 radical (unpaired) electrons. The molecule has 4 heteroatoms. The monoisotopic (exact) mass is 370 g/mol. The van der Waals surface area contributed by atoms with Crippen LogP contribution >= 0.6 is 0 Å². The lowest BCUT2D eigenvalue weighted by atomic mass is 10.1. The summed E-state index contributed by atoms with van der Waals surface area (Å²) in [4.78, 5) is 12.2. The standard InChI is InChI=1S/C24H22N2O2/c1-28-18-22-14-12-21(13-15-22)17-25-24(27)26-23-9-5-8-20(16-23)11-10-19-6-3-2-4-7-19/h2-9,12-16H,17-18H2,1H3,(H2,25,26,27). The molecule has 0 spiro atoms. The third-order valence-corrected chi connectivity index (χ3v) is 4.03. The number of anilines is 1. The number of methoxy groups -OCH3 is 1. The zero-order valence-corrected chi connectivity index (χ0v) is 15.7. The Morgan fingerprint density at radius 2 is 1.54 bits per heavy atom. The molecule has 0 aliphatic carbocycles. The second-order valence-corrected chi connectivity index (χ2v) is 6.25. The number of ether oxygens (including phenoxy) is 1. The Labute approximate surface area is 165 Å². The van der Waals surface area contributed by atoms with Gasteiger partial charge in [0.1, 0.15) is 0 Å².